The molecule has 1 heterocycles. The van der Waals surface area contributed by atoms with Crippen LogP contribution in [0.25, 0.3) is 28.3 Å². The molecule has 0 aliphatic rings. The molecule has 1 aromatic heterocycles. The first-order valence-corrected chi connectivity index (χ1v) is 14.6. The van der Waals surface area contributed by atoms with Crippen LogP contribution in [0.1, 0.15) is 27.2 Å². The minimum absolute atomic E-state index is 0.0760. The summed E-state index contributed by atoms with van der Waals surface area (Å²) in [4.78, 5) is 17.1. The number of carboxylic acid groups (broad SMARTS) is 1. The highest BCUT2D eigenvalue weighted by atomic mass is 16.5. The van der Waals surface area contributed by atoms with Crippen molar-refractivity contribution < 1.29 is 24.1 Å². The van der Waals surface area contributed by atoms with Crippen molar-refractivity contribution in [2.45, 2.75) is 20.1 Å². The van der Waals surface area contributed by atoms with Crippen molar-refractivity contribution in [1.29, 1.82) is 0 Å². The number of hydrogen-bond donors (Lipinski definition) is 1. The van der Waals surface area contributed by atoms with E-state index >= 15 is 0 Å². The zero-order valence-electron chi connectivity index (χ0n) is 25.0. The standard InChI is InChI=1S/C38H32N2O5/c1-26-36(30-17-9-11-19-33(30)44-24-27-13-5-3-6-14-27)39-37(40(26)29-21-22-32(38(41)42)35(23-29)43-2)31-18-10-12-20-34(31)45-25-28-15-7-4-8-16-28/h3-23H,24-25H2,1-2H3,(H,41,42). The van der Waals surface area contributed by atoms with Gasteiger partial charge in [0, 0.05) is 17.3 Å². The van der Waals surface area contributed by atoms with Gasteiger partial charge in [0.25, 0.3) is 0 Å². The van der Waals surface area contributed by atoms with E-state index in [0.717, 1.165) is 33.6 Å². The number of ether oxygens (including phenoxy) is 3. The summed E-state index contributed by atoms with van der Waals surface area (Å²) in [5.74, 6) is 1.19. The third-order valence-corrected chi connectivity index (χ3v) is 7.53. The Morgan fingerprint density at radius 3 is 1.80 bits per heavy atom. The van der Waals surface area contributed by atoms with E-state index in [2.05, 4.69) is 0 Å². The zero-order chi connectivity index (χ0) is 31.2. The van der Waals surface area contributed by atoms with Crippen molar-refractivity contribution in [2.75, 3.05) is 7.11 Å². The molecule has 0 fully saturated rings. The molecule has 0 aliphatic carbocycles. The minimum atomic E-state index is -1.06. The number of methoxy groups -OCH3 is 1. The Bertz CT molecular complexity index is 1930. The van der Waals surface area contributed by atoms with Gasteiger partial charge >= 0.3 is 5.97 Å². The Morgan fingerprint density at radius 1 is 0.689 bits per heavy atom. The second kappa shape index (κ2) is 13.2. The molecule has 7 heteroatoms. The van der Waals surface area contributed by atoms with E-state index in [9.17, 15) is 9.90 Å². The normalized spacial score (nSPS) is 10.8. The second-order valence-electron chi connectivity index (χ2n) is 10.4. The Morgan fingerprint density at radius 2 is 1.22 bits per heavy atom. The molecule has 6 rings (SSSR count). The van der Waals surface area contributed by atoms with Crippen LogP contribution in [0.15, 0.2) is 127 Å². The first kappa shape index (κ1) is 29.3. The van der Waals surface area contributed by atoms with Crippen LogP contribution in [0, 0.1) is 6.92 Å². The lowest BCUT2D eigenvalue weighted by Crippen LogP contribution is -2.05. The molecule has 0 radical (unpaired) electrons. The monoisotopic (exact) mass is 596 g/mol. The van der Waals surface area contributed by atoms with Gasteiger partial charge in [0.1, 0.15) is 41.9 Å². The number of carbonyl (C=O) groups is 1. The Kier molecular flexibility index (Phi) is 8.60. The molecular formula is C38H32N2O5. The molecule has 0 saturated heterocycles. The van der Waals surface area contributed by atoms with Crippen LogP contribution in [0.2, 0.25) is 0 Å². The molecule has 7 nitrogen and oxygen atoms in total. The molecule has 5 aromatic carbocycles. The number of hydrogen-bond acceptors (Lipinski definition) is 5. The molecule has 0 saturated carbocycles. The highest BCUT2D eigenvalue weighted by molar-refractivity contribution is 5.91. The number of rotatable bonds is 11. The van der Waals surface area contributed by atoms with Crippen LogP contribution >= 0.6 is 0 Å². The van der Waals surface area contributed by atoms with E-state index in [1.165, 1.54) is 7.11 Å². The summed E-state index contributed by atoms with van der Waals surface area (Å²) >= 11 is 0. The molecule has 0 atom stereocenters. The van der Waals surface area contributed by atoms with Gasteiger partial charge in [-0.2, -0.15) is 0 Å². The first-order chi connectivity index (χ1) is 22.0. The Labute approximate surface area is 261 Å². The van der Waals surface area contributed by atoms with E-state index in [1.54, 1.807) is 18.2 Å². The van der Waals surface area contributed by atoms with Gasteiger partial charge in [0.2, 0.25) is 0 Å². The van der Waals surface area contributed by atoms with Crippen molar-refractivity contribution in [3.8, 4) is 45.6 Å². The van der Waals surface area contributed by atoms with E-state index in [4.69, 9.17) is 19.2 Å². The molecule has 0 aliphatic heterocycles. The Balaban J connectivity index is 1.49. The van der Waals surface area contributed by atoms with Gasteiger partial charge in [-0.05, 0) is 54.4 Å². The molecule has 45 heavy (non-hydrogen) atoms. The van der Waals surface area contributed by atoms with Gasteiger partial charge in [-0.15, -0.1) is 0 Å². The number of carboxylic acids is 1. The van der Waals surface area contributed by atoms with Crippen molar-refractivity contribution in [3.05, 3.63) is 150 Å². The summed E-state index contributed by atoms with van der Waals surface area (Å²) in [7, 11) is 1.46. The fourth-order valence-corrected chi connectivity index (χ4v) is 5.28. The third-order valence-electron chi connectivity index (χ3n) is 7.53. The van der Waals surface area contributed by atoms with Gasteiger partial charge in [-0.25, -0.2) is 9.78 Å². The number of para-hydroxylation sites is 2. The summed E-state index contributed by atoms with van der Waals surface area (Å²) in [5, 5.41) is 9.72. The predicted octanol–water partition coefficient (Wildman–Crippen LogP) is 8.38. The van der Waals surface area contributed by atoms with Crippen LogP contribution in [0.4, 0.5) is 0 Å². The van der Waals surface area contributed by atoms with E-state index in [1.807, 2.05) is 121 Å². The summed E-state index contributed by atoms with van der Waals surface area (Å²) < 4.78 is 20.2. The van der Waals surface area contributed by atoms with Gasteiger partial charge in [0.05, 0.1) is 24.1 Å². The number of aromatic carboxylic acids is 1. The summed E-state index contributed by atoms with van der Waals surface area (Å²) in [6.45, 7) is 2.79. The van der Waals surface area contributed by atoms with Crippen LogP contribution < -0.4 is 14.2 Å². The third kappa shape index (κ3) is 6.28. The lowest BCUT2D eigenvalue weighted by Gasteiger charge is -2.16. The highest BCUT2D eigenvalue weighted by Crippen LogP contribution is 2.40. The van der Waals surface area contributed by atoms with Crippen molar-refractivity contribution in [1.82, 2.24) is 9.55 Å². The largest absolute Gasteiger partial charge is 0.496 e. The van der Waals surface area contributed by atoms with Crippen molar-refractivity contribution in [2.24, 2.45) is 0 Å². The van der Waals surface area contributed by atoms with Crippen LogP contribution in [-0.2, 0) is 13.2 Å². The minimum Gasteiger partial charge on any atom is -0.496 e. The smallest absolute Gasteiger partial charge is 0.339 e. The SMILES string of the molecule is COc1cc(-n2c(-c3ccccc3OCc3ccccc3)nc(-c3ccccc3OCc3ccccc3)c2C)ccc1C(=O)O. The molecule has 6 aromatic rings. The first-order valence-electron chi connectivity index (χ1n) is 14.6. The number of aromatic nitrogens is 2. The average molecular weight is 597 g/mol. The lowest BCUT2D eigenvalue weighted by atomic mass is 10.1. The fourth-order valence-electron chi connectivity index (χ4n) is 5.28. The molecule has 1 N–H and O–H groups in total. The van der Waals surface area contributed by atoms with E-state index in [-0.39, 0.29) is 11.3 Å². The molecular weight excluding hydrogens is 564 g/mol. The van der Waals surface area contributed by atoms with E-state index in [0.29, 0.717) is 36.2 Å². The fraction of sp³-hybridized carbons (Fsp3) is 0.105. The quantitative estimate of drug-likeness (QED) is 0.162. The molecule has 0 unspecified atom stereocenters. The highest BCUT2D eigenvalue weighted by Gasteiger charge is 2.24. The molecule has 0 amide bonds. The number of benzene rings is 5. The van der Waals surface area contributed by atoms with Crippen molar-refractivity contribution in [3.63, 3.8) is 0 Å². The summed E-state index contributed by atoms with van der Waals surface area (Å²) in [5.41, 5.74) is 6.07. The van der Waals surface area contributed by atoms with Gasteiger partial charge in [0.15, 0.2) is 0 Å². The summed E-state index contributed by atoms with van der Waals surface area (Å²) in [6, 6.07) is 40.7. The van der Waals surface area contributed by atoms with E-state index < -0.39 is 5.97 Å². The zero-order valence-corrected chi connectivity index (χ0v) is 25.0. The van der Waals surface area contributed by atoms with Gasteiger partial charge in [-0.3, -0.25) is 4.57 Å². The maximum absolute atomic E-state index is 11.9. The molecule has 0 bridgehead atoms. The molecule has 0 spiro atoms. The topological polar surface area (TPSA) is 82.8 Å². The van der Waals surface area contributed by atoms with Gasteiger partial charge in [-0.1, -0.05) is 84.9 Å². The average Bonchev–Trinajstić information content (AvgIpc) is 3.43. The number of nitrogens with zero attached hydrogens (tertiary/aromatic N) is 2. The predicted molar refractivity (Wildman–Crippen MR) is 174 cm³/mol. The molecule has 224 valence electrons. The summed E-state index contributed by atoms with van der Waals surface area (Å²) in [6.07, 6.45) is 0. The maximum Gasteiger partial charge on any atom is 0.339 e. The Hall–Kier alpha value is -5.82. The van der Waals surface area contributed by atoms with Crippen LogP contribution in [0.3, 0.4) is 0 Å². The number of imidazole rings is 1. The maximum atomic E-state index is 11.9. The van der Waals surface area contributed by atoms with Crippen molar-refractivity contribution >= 4 is 5.97 Å². The second-order valence-corrected chi connectivity index (χ2v) is 10.4. The van der Waals surface area contributed by atoms with Gasteiger partial charge < -0.3 is 19.3 Å². The van der Waals surface area contributed by atoms with Crippen LogP contribution in [-0.4, -0.2) is 27.7 Å². The lowest BCUT2D eigenvalue weighted by molar-refractivity contribution is 0.0693. The van der Waals surface area contributed by atoms with Crippen LogP contribution in [0.5, 0.6) is 17.2 Å².